The molecule has 0 radical (unpaired) electrons. The van der Waals surface area contributed by atoms with Gasteiger partial charge in [-0.15, -0.1) is 0 Å². The smallest absolute Gasteiger partial charge is 0.433 e. The van der Waals surface area contributed by atoms with Gasteiger partial charge in [0.1, 0.15) is 15.9 Å². The predicted molar refractivity (Wildman–Crippen MR) is 144 cm³/mol. The van der Waals surface area contributed by atoms with Crippen molar-refractivity contribution in [2.45, 2.75) is 19.1 Å². The van der Waals surface area contributed by atoms with Gasteiger partial charge in [-0.3, -0.25) is 9.69 Å². The number of carbonyl (C=O) groups excluding carboxylic acids is 1. The number of methoxy groups -OCH3 is 1. The molecule has 4 aromatic rings. The Morgan fingerprint density at radius 1 is 1.10 bits per heavy atom. The Labute approximate surface area is 236 Å². The summed E-state index contributed by atoms with van der Waals surface area (Å²) in [5.41, 5.74) is 0.153. The van der Waals surface area contributed by atoms with Gasteiger partial charge < -0.3 is 14.7 Å². The first-order valence-corrected chi connectivity index (χ1v) is 13.3. The standard InChI is InChI=1S/C27H26BrF3N6O3/c1-16-23(17-3-6-19(40-2)7-4-17)34-25-20(14-33-37(25)24(16)27(29,30)31)26(39)36-11-9-35(10-12-36)21(15-38)18-5-8-22(28)32-13-18/h3-8,13-14,21,38H,9-12,15H2,1-2H3/t21-/m0/s1. The number of aliphatic hydroxyl groups is 1. The number of carbonyl (C=O) groups is 1. The molecule has 5 rings (SSSR count). The molecule has 1 amide bonds. The first-order valence-electron chi connectivity index (χ1n) is 12.5. The van der Waals surface area contributed by atoms with Gasteiger partial charge in [-0.2, -0.15) is 18.3 Å². The Balaban J connectivity index is 1.45. The lowest BCUT2D eigenvalue weighted by Gasteiger charge is -2.38. The summed E-state index contributed by atoms with van der Waals surface area (Å²) in [5, 5.41) is 14.0. The van der Waals surface area contributed by atoms with Gasteiger partial charge in [0.2, 0.25) is 0 Å². The highest BCUT2D eigenvalue weighted by atomic mass is 79.9. The van der Waals surface area contributed by atoms with Crippen LogP contribution in [0.4, 0.5) is 13.2 Å². The first-order chi connectivity index (χ1) is 19.1. The number of hydrogen-bond acceptors (Lipinski definition) is 7. The van der Waals surface area contributed by atoms with E-state index >= 15 is 0 Å². The van der Waals surface area contributed by atoms with Gasteiger partial charge in [-0.1, -0.05) is 6.07 Å². The molecule has 1 aliphatic rings. The zero-order valence-corrected chi connectivity index (χ0v) is 23.3. The van der Waals surface area contributed by atoms with Crippen LogP contribution >= 0.6 is 15.9 Å². The molecule has 210 valence electrons. The zero-order valence-electron chi connectivity index (χ0n) is 21.7. The summed E-state index contributed by atoms with van der Waals surface area (Å²) >= 11 is 3.30. The molecule has 4 heterocycles. The van der Waals surface area contributed by atoms with Crippen molar-refractivity contribution in [2.75, 3.05) is 39.9 Å². The summed E-state index contributed by atoms with van der Waals surface area (Å²) in [6, 6.07) is 9.91. The van der Waals surface area contributed by atoms with Gasteiger partial charge in [-0.05, 0) is 58.7 Å². The maximum atomic E-state index is 14.2. The maximum absolute atomic E-state index is 14.2. The number of halogens is 4. The van der Waals surface area contributed by atoms with Crippen molar-refractivity contribution in [1.82, 2.24) is 29.4 Å². The van der Waals surface area contributed by atoms with Crippen LogP contribution < -0.4 is 4.74 Å². The number of ether oxygens (including phenoxy) is 1. The van der Waals surface area contributed by atoms with Gasteiger partial charge >= 0.3 is 6.18 Å². The van der Waals surface area contributed by atoms with Crippen LogP contribution in [-0.4, -0.2) is 80.3 Å². The minimum Gasteiger partial charge on any atom is -0.497 e. The van der Waals surface area contributed by atoms with Crippen LogP contribution in [0.1, 0.15) is 33.2 Å². The van der Waals surface area contributed by atoms with E-state index in [-0.39, 0.29) is 35.1 Å². The molecular weight excluding hydrogens is 593 g/mol. The van der Waals surface area contributed by atoms with Crippen molar-refractivity contribution >= 4 is 27.5 Å². The normalized spacial score (nSPS) is 15.4. The van der Waals surface area contributed by atoms with Crippen LogP contribution in [-0.2, 0) is 6.18 Å². The lowest BCUT2D eigenvalue weighted by Crippen LogP contribution is -2.50. The molecule has 0 saturated carbocycles. The summed E-state index contributed by atoms with van der Waals surface area (Å²) in [7, 11) is 1.50. The van der Waals surface area contributed by atoms with Crippen LogP contribution in [0, 0.1) is 6.92 Å². The van der Waals surface area contributed by atoms with Gasteiger partial charge in [-0.25, -0.2) is 14.5 Å². The Morgan fingerprint density at radius 3 is 2.38 bits per heavy atom. The first kappa shape index (κ1) is 28.0. The Hall–Kier alpha value is -3.55. The fourth-order valence-corrected chi connectivity index (χ4v) is 5.25. The van der Waals surface area contributed by atoms with Gasteiger partial charge in [0.05, 0.1) is 31.6 Å². The van der Waals surface area contributed by atoms with Crippen molar-refractivity contribution in [1.29, 1.82) is 0 Å². The van der Waals surface area contributed by atoms with E-state index < -0.39 is 17.8 Å². The Kier molecular flexibility index (Phi) is 7.80. The molecule has 1 N–H and O–H groups in total. The number of amides is 1. The molecule has 0 unspecified atom stereocenters. The summed E-state index contributed by atoms with van der Waals surface area (Å²) < 4.78 is 49.3. The molecule has 13 heteroatoms. The molecule has 1 atom stereocenters. The van der Waals surface area contributed by atoms with Crippen LogP contribution in [0.15, 0.2) is 53.4 Å². The van der Waals surface area contributed by atoms with E-state index in [1.165, 1.54) is 14.0 Å². The SMILES string of the molecule is COc1ccc(-c2nc3c(C(=O)N4CCN([C@@H](CO)c5ccc(Br)nc5)CC4)cnn3c(C(F)(F)F)c2C)cc1. The van der Waals surface area contributed by atoms with Crippen molar-refractivity contribution < 1.29 is 27.8 Å². The Bertz CT molecular complexity index is 1520. The van der Waals surface area contributed by atoms with Crippen molar-refractivity contribution in [3.8, 4) is 17.0 Å². The van der Waals surface area contributed by atoms with E-state index in [1.54, 1.807) is 41.4 Å². The third-order valence-corrected chi connectivity index (χ3v) is 7.57. The number of rotatable bonds is 6. The highest BCUT2D eigenvalue weighted by Crippen LogP contribution is 2.37. The fraction of sp³-hybridized carbons (Fsp3) is 0.333. The second-order valence-electron chi connectivity index (χ2n) is 9.39. The molecular formula is C27H26BrF3N6O3. The number of benzene rings is 1. The number of nitrogens with zero attached hydrogens (tertiary/aromatic N) is 6. The molecule has 1 aromatic carbocycles. The summed E-state index contributed by atoms with van der Waals surface area (Å²) in [6.45, 7) is 2.78. The number of aromatic nitrogens is 4. The van der Waals surface area contributed by atoms with E-state index in [0.29, 0.717) is 46.6 Å². The van der Waals surface area contributed by atoms with Crippen LogP contribution in [0.2, 0.25) is 0 Å². The third-order valence-electron chi connectivity index (χ3n) is 7.10. The number of hydrogen-bond donors (Lipinski definition) is 1. The van der Waals surface area contributed by atoms with E-state index in [2.05, 4.69) is 35.9 Å². The average Bonchev–Trinajstić information content (AvgIpc) is 3.36. The van der Waals surface area contributed by atoms with Crippen molar-refractivity contribution in [3.63, 3.8) is 0 Å². The van der Waals surface area contributed by atoms with E-state index in [4.69, 9.17) is 4.74 Å². The molecule has 9 nitrogen and oxygen atoms in total. The highest BCUT2D eigenvalue weighted by molar-refractivity contribution is 9.10. The average molecular weight is 619 g/mol. The molecule has 0 spiro atoms. The minimum atomic E-state index is -4.73. The summed E-state index contributed by atoms with van der Waals surface area (Å²) in [6.07, 6.45) is -1.90. The predicted octanol–water partition coefficient (Wildman–Crippen LogP) is 4.38. The number of aliphatic hydroxyl groups excluding tert-OH is 1. The maximum Gasteiger partial charge on any atom is 0.433 e. The van der Waals surface area contributed by atoms with Crippen LogP contribution in [0.25, 0.3) is 16.9 Å². The number of fused-ring (bicyclic) bond motifs is 1. The molecule has 1 fully saturated rings. The summed E-state index contributed by atoms with van der Waals surface area (Å²) in [5.74, 6) is 0.100. The second kappa shape index (κ2) is 11.1. The van der Waals surface area contributed by atoms with Gasteiger partial charge in [0.15, 0.2) is 11.3 Å². The van der Waals surface area contributed by atoms with Crippen molar-refractivity contribution in [3.05, 3.63) is 75.8 Å². The van der Waals surface area contributed by atoms with Crippen LogP contribution in [0.3, 0.4) is 0 Å². The third kappa shape index (κ3) is 5.28. The molecule has 1 aliphatic heterocycles. The minimum absolute atomic E-state index is 0.00969. The van der Waals surface area contributed by atoms with Crippen molar-refractivity contribution in [2.24, 2.45) is 0 Å². The monoisotopic (exact) mass is 618 g/mol. The van der Waals surface area contributed by atoms with Crippen LogP contribution in [0.5, 0.6) is 5.75 Å². The van der Waals surface area contributed by atoms with E-state index in [9.17, 15) is 23.1 Å². The summed E-state index contributed by atoms with van der Waals surface area (Å²) in [4.78, 5) is 25.9. The van der Waals surface area contributed by atoms with Gasteiger partial charge in [0, 0.05) is 43.5 Å². The molecule has 0 bridgehead atoms. The fourth-order valence-electron chi connectivity index (χ4n) is 5.01. The van der Waals surface area contributed by atoms with E-state index in [0.717, 1.165) is 11.8 Å². The topological polar surface area (TPSA) is 96.1 Å². The quantitative estimate of drug-likeness (QED) is 0.320. The zero-order chi connectivity index (χ0) is 28.6. The molecule has 1 saturated heterocycles. The van der Waals surface area contributed by atoms with E-state index in [1.807, 2.05) is 6.07 Å². The number of alkyl halides is 3. The molecule has 0 aliphatic carbocycles. The largest absolute Gasteiger partial charge is 0.497 e. The highest BCUT2D eigenvalue weighted by Gasteiger charge is 2.39. The molecule has 3 aromatic heterocycles. The number of pyridine rings is 1. The lowest BCUT2D eigenvalue weighted by molar-refractivity contribution is -0.143. The lowest BCUT2D eigenvalue weighted by atomic mass is 10.0. The van der Waals surface area contributed by atoms with Gasteiger partial charge in [0.25, 0.3) is 5.91 Å². The Morgan fingerprint density at radius 2 is 1.80 bits per heavy atom. The number of piperazine rings is 1. The second-order valence-corrected chi connectivity index (χ2v) is 10.2. The molecule has 40 heavy (non-hydrogen) atoms.